The second-order valence-electron chi connectivity index (χ2n) is 7.28. The molecule has 1 aromatic carbocycles. The summed E-state index contributed by atoms with van der Waals surface area (Å²) < 4.78 is 5.36. The molecular weight excluding hydrogens is 388 g/mol. The smallest absolute Gasteiger partial charge is 0.336 e. The van der Waals surface area contributed by atoms with Crippen LogP contribution < -0.4 is 10.5 Å². The number of rotatable bonds is 3. The highest BCUT2D eigenvalue weighted by Gasteiger charge is 2.21. The van der Waals surface area contributed by atoms with Crippen molar-refractivity contribution in [1.29, 1.82) is 0 Å². The maximum atomic E-state index is 12.1. The van der Waals surface area contributed by atoms with Crippen molar-refractivity contribution >= 4 is 38.3 Å². The highest BCUT2D eigenvalue weighted by Crippen LogP contribution is 2.29. The Kier molecular flexibility index (Phi) is 4.44. The second kappa shape index (κ2) is 7.13. The number of phenols is 1. The van der Waals surface area contributed by atoms with Crippen LogP contribution in [0.1, 0.15) is 11.1 Å². The normalized spacial score (nSPS) is 15.4. The van der Waals surface area contributed by atoms with E-state index in [0.717, 1.165) is 53.2 Å². The topological polar surface area (TPSA) is 82.7 Å². The van der Waals surface area contributed by atoms with Gasteiger partial charge in [-0.15, -0.1) is 11.3 Å². The van der Waals surface area contributed by atoms with Gasteiger partial charge < -0.3 is 14.4 Å². The minimum Gasteiger partial charge on any atom is -0.508 e. The number of anilines is 1. The number of fused-ring (bicyclic) bond motifs is 2. The molecule has 7 nitrogen and oxygen atoms in total. The molecule has 1 fully saturated rings. The van der Waals surface area contributed by atoms with Crippen molar-refractivity contribution in [3.05, 3.63) is 57.5 Å². The molecule has 0 aliphatic carbocycles. The number of benzene rings is 1. The van der Waals surface area contributed by atoms with E-state index in [9.17, 15) is 9.90 Å². The van der Waals surface area contributed by atoms with Gasteiger partial charge in [0.1, 0.15) is 28.3 Å². The van der Waals surface area contributed by atoms with Crippen molar-refractivity contribution in [3.63, 3.8) is 0 Å². The summed E-state index contributed by atoms with van der Waals surface area (Å²) in [5.74, 6) is 1.13. The Morgan fingerprint density at radius 3 is 2.79 bits per heavy atom. The van der Waals surface area contributed by atoms with Gasteiger partial charge in [-0.25, -0.2) is 14.8 Å². The van der Waals surface area contributed by atoms with Crippen LogP contribution in [0.2, 0.25) is 0 Å². The fourth-order valence-corrected chi connectivity index (χ4v) is 4.66. The summed E-state index contributed by atoms with van der Waals surface area (Å²) in [7, 11) is 0. The predicted molar refractivity (Wildman–Crippen MR) is 114 cm³/mol. The lowest BCUT2D eigenvalue weighted by molar-refractivity contribution is 0.250. The van der Waals surface area contributed by atoms with E-state index in [4.69, 9.17) is 4.42 Å². The van der Waals surface area contributed by atoms with Gasteiger partial charge in [0.2, 0.25) is 0 Å². The zero-order chi connectivity index (χ0) is 20.0. The van der Waals surface area contributed by atoms with E-state index in [1.165, 1.54) is 0 Å². The molecule has 0 radical (unpaired) electrons. The Labute approximate surface area is 170 Å². The maximum Gasteiger partial charge on any atom is 0.336 e. The summed E-state index contributed by atoms with van der Waals surface area (Å²) in [5, 5.41) is 14.0. The van der Waals surface area contributed by atoms with Crippen LogP contribution in [0.5, 0.6) is 5.75 Å². The molecule has 0 saturated carbocycles. The molecule has 5 rings (SSSR count). The molecule has 0 unspecified atom stereocenters. The number of aromatic hydroxyl groups is 1. The summed E-state index contributed by atoms with van der Waals surface area (Å²) in [6, 6.07) is 7.11. The third kappa shape index (κ3) is 3.24. The maximum absolute atomic E-state index is 12.1. The number of aromatic nitrogens is 2. The van der Waals surface area contributed by atoms with Gasteiger partial charge in [-0.1, -0.05) is 0 Å². The second-order valence-corrected chi connectivity index (χ2v) is 8.17. The van der Waals surface area contributed by atoms with Gasteiger partial charge in [-0.2, -0.15) is 0 Å². The van der Waals surface area contributed by atoms with Crippen LogP contribution in [-0.2, 0) is 6.54 Å². The van der Waals surface area contributed by atoms with Crippen LogP contribution in [-0.4, -0.2) is 46.2 Å². The van der Waals surface area contributed by atoms with Crippen molar-refractivity contribution in [2.24, 2.45) is 0 Å². The summed E-state index contributed by atoms with van der Waals surface area (Å²) in [4.78, 5) is 26.5. The Morgan fingerprint density at radius 1 is 1.14 bits per heavy atom. The number of hydrogen-bond donors (Lipinski definition) is 1. The van der Waals surface area contributed by atoms with Gasteiger partial charge in [-0.3, -0.25) is 4.90 Å². The third-order valence-corrected chi connectivity index (χ3v) is 6.35. The van der Waals surface area contributed by atoms with E-state index >= 15 is 0 Å². The van der Waals surface area contributed by atoms with Gasteiger partial charge >= 0.3 is 5.63 Å². The van der Waals surface area contributed by atoms with Crippen molar-refractivity contribution in [3.8, 4) is 5.75 Å². The van der Waals surface area contributed by atoms with Crippen molar-refractivity contribution in [2.75, 3.05) is 31.1 Å². The molecule has 3 aromatic heterocycles. The molecule has 0 amide bonds. The van der Waals surface area contributed by atoms with Crippen molar-refractivity contribution in [1.82, 2.24) is 14.9 Å². The van der Waals surface area contributed by atoms with Crippen molar-refractivity contribution < 1.29 is 9.52 Å². The number of nitrogens with zero attached hydrogens (tertiary/aromatic N) is 4. The molecule has 0 spiro atoms. The lowest BCUT2D eigenvalue weighted by Gasteiger charge is -2.35. The first-order chi connectivity index (χ1) is 14.1. The van der Waals surface area contributed by atoms with Gasteiger partial charge in [-0.05, 0) is 36.1 Å². The number of piperazine rings is 1. The van der Waals surface area contributed by atoms with Crippen LogP contribution in [0.15, 0.2) is 45.2 Å². The summed E-state index contributed by atoms with van der Waals surface area (Å²) >= 11 is 1.63. The Balaban J connectivity index is 1.37. The zero-order valence-electron chi connectivity index (χ0n) is 16.0. The molecule has 148 valence electrons. The van der Waals surface area contributed by atoms with E-state index < -0.39 is 0 Å². The van der Waals surface area contributed by atoms with E-state index in [2.05, 4.69) is 25.8 Å². The minimum atomic E-state index is -0.388. The number of aryl methyl sites for hydroxylation is 1. The Bertz CT molecular complexity index is 1260. The lowest BCUT2D eigenvalue weighted by Crippen LogP contribution is -2.46. The van der Waals surface area contributed by atoms with Crippen LogP contribution in [0.25, 0.3) is 21.2 Å². The molecule has 1 saturated heterocycles. The number of thiophene rings is 1. The minimum absolute atomic E-state index is 0.135. The highest BCUT2D eigenvalue weighted by atomic mass is 32.1. The molecule has 0 atom stereocenters. The molecule has 1 N–H and O–H groups in total. The first-order valence-corrected chi connectivity index (χ1v) is 10.4. The average molecular weight is 408 g/mol. The molecule has 29 heavy (non-hydrogen) atoms. The van der Waals surface area contributed by atoms with E-state index in [0.29, 0.717) is 17.7 Å². The van der Waals surface area contributed by atoms with Crippen LogP contribution >= 0.6 is 11.3 Å². The van der Waals surface area contributed by atoms with Crippen LogP contribution in [0.3, 0.4) is 0 Å². The molecular formula is C21H20N4O3S. The van der Waals surface area contributed by atoms with E-state index in [1.807, 2.05) is 11.4 Å². The fraction of sp³-hybridized carbons (Fsp3) is 0.286. The highest BCUT2D eigenvalue weighted by molar-refractivity contribution is 7.16. The van der Waals surface area contributed by atoms with E-state index in [1.54, 1.807) is 36.7 Å². The van der Waals surface area contributed by atoms with Gasteiger partial charge in [0.25, 0.3) is 0 Å². The van der Waals surface area contributed by atoms with Gasteiger partial charge in [0.05, 0.1) is 5.39 Å². The number of hydrogen-bond acceptors (Lipinski definition) is 8. The standard InChI is InChI=1S/C21H20N4O3S/c1-13-17(26)3-2-15-14(10-18(27)28-19(13)15)11-24-5-7-25(8-6-24)20-16-4-9-29-21(16)23-12-22-20/h2-4,9-10,12,26H,5-8,11H2,1H3. The molecule has 4 aromatic rings. The first-order valence-electron chi connectivity index (χ1n) is 9.51. The Hall–Kier alpha value is -2.97. The summed E-state index contributed by atoms with van der Waals surface area (Å²) in [5.41, 5.74) is 1.59. The molecule has 0 bridgehead atoms. The van der Waals surface area contributed by atoms with Gasteiger partial charge in [0, 0.05) is 49.7 Å². The summed E-state index contributed by atoms with van der Waals surface area (Å²) in [6.45, 7) is 5.89. The van der Waals surface area contributed by atoms with Crippen LogP contribution in [0.4, 0.5) is 5.82 Å². The summed E-state index contributed by atoms with van der Waals surface area (Å²) in [6.07, 6.45) is 1.63. The Morgan fingerprint density at radius 2 is 1.97 bits per heavy atom. The number of phenolic OH excluding ortho intramolecular Hbond substituents is 1. The third-order valence-electron chi connectivity index (χ3n) is 5.52. The van der Waals surface area contributed by atoms with E-state index in [-0.39, 0.29) is 11.4 Å². The average Bonchev–Trinajstić information content (AvgIpc) is 3.21. The quantitative estimate of drug-likeness (QED) is 0.522. The monoisotopic (exact) mass is 408 g/mol. The molecule has 1 aliphatic heterocycles. The molecule has 4 heterocycles. The zero-order valence-corrected chi connectivity index (χ0v) is 16.8. The van der Waals surface area contributed by atoms with Crippen LogP contribution in [0, 0.1) is 6.92 Å². The predicted octanol–water partition coefficient (Wildman–Crippen LogP) is 3.13. The largest absolute Gasteiger partial charge is 0.508 e. The van der Waals surface area contributed by atoms with Crippen molar-refractivity contribution in [2.45, 2.75) is 13.5 Å². The fourth-order valence-electron chi connectivity index (χ4n) is 3.93. The SMILES string of the molecule is Cc1c(O)ccc2c(CN3CCN(c4ncnc5sccc45)CC3)cc(=O)oc12. The first kappa shape index (κ1) is 18.1. The van der Waals surface area contributed by atoms with Gasteiger partial charge in [0.15, 0.2) is 0 Å². The molecule has 8 heteroatoms. The molecule has 1 aliphatic rings. The lowest BCUT2D eigenvalue weighted by atomic mass is 10.1.